The highest BCUT2D eigenvalue weighted by Crippen LogP contribution is 2.30. The number of nitrogens with zero attached hydrogens (tertiary/aromatic N) is 2. The van der Waals surface area contributed by atoms with Crippen molar-refractivity contribution in [2.75, 3.05) is 0 Å². The topological polar surface area (TPSA) is 71.0 Å². The van der Waals surface area contributed by atoms with Crippen LogP contribution in [0, 0.1) is 17.3 Å². The van der Waals surface area contributed by atoms with Crippen molar-refractivity contribution in [3.63, 3.8) is 0 Å². The fourth-order valence-electron chi connectivity index (χ4n) is 1.98. The number of carbonyl (C=O) groups is 1. The van der Waals surface area contributed by atoms with Gasteiger partial charge in [-0.15, -0.1) is 0 Å². The van der Waals surface area contributed by atoms with Gasteiger partial charge in [-0.3, -0.25) is 4.79 Å². The highest BCUT2D eigenvalue weighted by Gasteiger charge is 2.34. The molecular formula is C12H9F3N2O3. The molecule has 0 aliphatic rings. The van der Waals surface area contributed by atoms with E-state index in [0.29, 0.717) is 12.1 Å². The quantitative estimate of drug-likeness (QED) is 0.454. The highest BCUT2D eigenvalue weighted by atomic mass is 19.4. The molecule has 1 heterocycles. The number of rotatable bonds is 1. The maximum Gasteiger partial charge on any atom is 0.416 e. The predicted octanol–water partition coefficient (Wildman–Crippen LogP) is 1.64. The first-order valence-electron chi connectivity index (χ1n) is 5.52. The number of carbonyl (C=O) groups excluding carboxylic acids is 1. The lowest BCUT2D eigenvalue weighted by atomic mass is 10.1. The Morgan fingerprint density at radius 3 is 2.25 bits per heavy atom. The number of fused-ring (bicyclic) bond motifs is 1. The van der Waals surface area contributed by atoms with E-state index in [1.807, 2.05) is 0 Å². The van der Waals surface area contributed by atoms with E-state index >= 15 is 0 Å². The number of hydrogen-bond donors (Lipinski definition) is 0. The predicted molar refractivity (Wildman–Crippen MR) is 61.6 cm³/mol. The van der Waals surface area contributed by atoms with Crippen molar-refractivity contribution in [3.05, 3.63) is 45.6 Å². The van der Waals surface area contributed by atoms with Gasteiger partial charge in [-0.25, -0.2) is 0 Å². The van der Waals surface area contributed by atoms with Gasteiger partial charge in [0.2, 0.25) is 5.78 Å². The van der Waals surface area contributed by atoms with Crippen LogP contribution in [0.5, 0.6) is 0 Å². The summed E-state index contributed by atoms with van der Waals surface area (Å²) >= 11 is 0. The first-order chi connectivity index (χ1) is 9.14. The SMILES string of the molecule is CC(=O)c1c(C)[n+]([O-])c2cc(C(F)(F)F)ccc2[n+]1[O-]. The molecule has 0 aliphatic heterocycles. The minimum absolute atomic E-state index is 0.162. The Morgan fingerprint density at radius 1 is 1.15 bits per heavy atom. The van der Waals surface area contributed by atoms with E-state index in [-0.39, 0.29) is 26.4 Å². The normalized spacial score (nSPS) is 11.8. The van der Waals surface area contributed by atoms with Crippen LogP contribution in [0.1, 0.15) is 28.7 Å². The Hall–Kier alpha value is -2.38. The summed E-state index contributed by atoms with van der Waals surface area (Å²) in [5, 5.41) is 23.9. The summed E-state index contributed by atoms with van der Waals surface area (Å²) in [5.74, 6) is -0.635. The van der Waals surface area contributed by atoms with Crippen LogP contribution in [-0.4, -0.2) is 5.78 Å². The lowest BCUT2D eigenvalue weighted by Gasteiger charge is -2.11. The van der Waals surface area contributed by atoms with Crippen LogP contribution < -0.4 is 9.46 Å². The molecule has 106 valence electrons. The van der Waals surface area contributed by atoms with Crippen LogP contribution >= 0.6 is 0 Å². The number of aromatic nitrogens is 2. The van der Waals surface area contributed by atoms with E-state index < -0.39 is 23.0 Å². The van der Waals surface area contributed by atoms with Gasteiger partial charge in [-0.1, -0.05) is 0 Å². The summed E-state index contributed by atoms with van der Waals surface area (Å²) in [7, 11) is 0. The number of benzene rings is 1. The fraction of sp³-hybridized carbons (Fsp3) is 0.250. The van der Waals surface area contributed by atoms with Crippen molar-refractivity contribution < 1.29 is 27.4 Å². The first kappa shape index (κ1) is 14.0. The second-order valence-electron chi connectivity index (χ2n) is 4.28. The molecule has 5 nitrogen and oxygen atoms in total. The molecular weight excluding hydrogens is 277 g/mol. The number of hydrogen-bond acceptors (Lipinski definition) is 3. The van der Waals surface area contributed by atoms with E-state index in [4.69, 9.17) is 0 Å². The van der Waals surface area contributed by atoms with Gasteiger partial charge < -0.3 is 10.4 Å². The van der Waals surface area contributed by atoms with Crippen molar-refractivity contribution in [3.8, 4) is 0 Å². The number of alkyl halides is 3. The zero-order chi connectivity index (χ0) is 15.2. The molecule has 0 saturated heterocycles. The summed E-state index contributed by atoms with van der Waals surface area (Å²) in [6.07, 6.45) is -4.62. The molecule has 1 aromatic heterocycles. The molecule has 0 bridgehead atoms. The number of ketones is 1. The second-order valence-corrected chi connectivity index (χ2v) is 4.28. The number of halogens is 3. The summed E-state index contributed by atoms with van der Waals surface area (Å²) in [6.45, 7) is 2.31. The molecule has 2 aromatic rings. The van der Waals surface area contributed by atoms with Crippen molar-refractivity contribution in [1.82, 2.24) is 0 Å². The highest BCUT2D eigenvalue weighted by molar-refractivity contribution is 5.92. The molecule has 1 aromatic carbocycles. The molecule has 8 heteroatoms. The second kappa shape index (κ2) is 4.32. The maximum absolute atomic E-state index is 12.6. The summed E-state index contributed by atoms with van der Waals surface area (Å²) in [6, 6.07) is 2.16. The van der Waals surface area contributed by atoms with Crippen LogP contribution in [0.2, 0.25) is 0 Å². The van der Waals surface area contributed by atoms with E-state index in [0.717, 1.165) is 13.0 Å². The third-order valence-electron chi connectivity index (χ3n) is 2.92. The van der Waals surface area contributed by atoms with Crippen molar-refractivity contribution >= 4 is 16.8 Å². The third kappa shape index (κ3) is 2.02. The van der Waals surface area contributed by atoms with Crippen molar-refractivity contribution in [2.45, 2.75) is 20.0 Å². The lowest BCUT2D eigenvalue weighted by Crippen LogP contribution is -2.46. The van der Waals surface area contributed by atoms with Gasteiger partial charge in [-0.2, -0.15) is 22.6 Å². The Kier molecular flexibility index (Phi) is 3.04. The summed E-state index contributed by atoms with van der Waals surface area (Å²) in [4.78, 5) is 11.4. The third-order valence-corrected chi connectivity index (χ3v) is 2.92. The van der Waals surface area contributed by atoms with Gasteiger partial charge in [0, 0.05) is 26.0 Å². The van der Waals surface area contributed by atoms with E-state index in [1.165, 1.54) is 6.92 Å². The molecule has 0 amide bonds. The van der Waals surface area contributed by atoms with Crippen LogP contribution in [0.15, 0.2) is 18.2 Å². The molecule has 2 rings (SSSR count). The van der Waals surface area contributed by atoms with E-state index in [9.17, 15) is 28.4 Å². The van der Waals surface area contributed by atoms with Gasteiger partial charge in [0.05, 0.1) is 5.56 Å². The van der Waals surface area contributed by atoms with Crippen molar-refractivity contribution in [1.29, 1.82) is 0 Å². The minimum Gasteiger partial charge on any atom is -0.618 e. The van der Waals surface area contributed by atoms with Crippen LogP contribution in [0.4, 0.5) is 13.2 Å². The Morgan fingerprint density at radius 2 is 1.75 bits per heavy atom. The Balaban J connectivity index is 2.89. The van der Waals surface area contributed by atoms with E-state index in [2.05, 4.69) is 0 Å². The fourth-order valence-corrected chi connectivity index (χ4v) is 1.98. The average molecular weight is 286 g/mol. The molecule has 0 radical (unpaired) electrons. The van der Waals surface area contributed by atoms with Crippen LogP contribution in [0.25, 0.3) is 11.0 Å². The summed E-state index contributed by atoms with van der Waals surface area (Å²) in [5.41, 5.74) is -2.38. The first-order valence-corrected chi connectivity index (χ1v) is 5.52. The average Bonchev–Trinajstić information content (AvgIpc) is 2.34. The molecule has 0 aliphatic carbocycles. The van der Waals surface area contributed by atoms with E-state index in [1.54, 1.807) is 0 Å². The standard InChI is InChI=1S/C12H9F3N2O3/c1-6-11(7(2)18)17(20)9-4-3-8(12(13,14)15)5-10(9)16(6)19/h3-5H,1-2H3. The molecule has 0 atom stereocenters. The zero-order valence-electron chi connectivity index (χ0n) is 10.5. The lowest BCUT2D eigenvalue weighted by molar-refractivity contribution is -0.635. The minimum atomic E-state index is -4.62. The molecule has 20 heavy (non-hydrogen) atoms. The largest absolute Gasteiger partial charge is 0.618 e. The van der Waals surface area contributed by atoms with Gasteiger partial charge in [-0.05, 0) is 6.07 Å². The van der Waals surface area contributed by atoms with Gasteiger partial charge in [0.15, 0.2) is 0 Å². The molecule has 0 spiro atoms. The van der Waals surface area contributed by atoms with Crippen LogP contribution in [-0.2, 0) is 6.18 Å². The molecule has 0 unspecified atom stereocenters. The van der Waals surface area contributed by atoms with Gasteiger partial charge in [0.25, 0.3) is 16.7 Å². The number of Topliss-reactive ketones (excluding diaryl/α,β-unsaturated/α-hetero) is 1. The maximum atomic E-state index is 12.6. The van der Waals surface area contributed by atoms with Gasteiger partial charge >= 0.3 is 11.9 Å². The molecule has 0 saturated carbocycles. The Labute approximate surface area is 111 Å². The van der Waals surface area contributed by atoms with Gasteiger partial charge in [0.1, 0.15) is 0 Å². The molecule has 0 fully saturated rings. The monoisotopic (exact) mass is 286 g/mol. The van der Waals surface area contributed by atoms with Crippen molar-refractivity contribution in [2.24, 2.45) is 0 Å². The van der Waals surface area contributed by atoms with Crippen LogP contribution in [0.3, 0.4) is 0 Å². The Bertz CT molecular complexity index is 726. The summed E-state index contributed by atoms with van der Waals surface area (Å²) < 4.78 is 38.2. The zero-order valence-corrected chi connectivity index (χ0v) is 10.5. The smallest absolute Gasteiger partial charge is 0.416 e. The molecule has 0 N–H and O–H groups in total.